The Morgan fingerprint density at radius 2 is 2.09 bits per heavy atom. The van der Waals surface area contributed by atoms with Crippen LogP contribution in [0.2, 0.25) is 0 Å². The van der Waals surface area contributed by atoms with Gasteiger partial charge in [-0.15, -0.1) is 0 Å². The summed E-state index contributed by atoms with van der Waals surface area (Å²) in [5.74, 6) is 0.631. The number of carbonyl (C=O) groups is 1. The number of aliphatic imine (C=N–C) groups is 1. The summed E-state index contributed by atoms with van der Waals surface area (Å²) < 4.78 is 0. The Kier molecular flexibility index (Phi) is 8.65. The summed E-state index contributed by atoms with van der Waals surface area (Å²) in [4.78, 5) is 16.0. The molecule has 1 aromatic rings. The summed E-state index contributed by atoms with van der Waals surface area (Å²) >= 11 is 1.55. The van der Waals surface area contributed by atoms with Crippen molar-refractivity contribution >= 4 is 23.2 Å². The predicted molar refractivity (Wildman–Crippen MR) is 95.8 cm³/mol. The highest BCUT2D eigenvalue weighted by Crippen LogP contribution is 2.23. The van der Waals surface area contributed by atoms with E-state index < -0.39 is 5.60 Å². The maximum atomic E-state index is 11.6. The Balaban J connectivity index is 2.48. The van der Waals surface area contributed by atoms with E-state index in [0.717, 1.165) is 12.0 Å². The third-order valence-electron chi connectivity index (χ3n) is 3.25. The maximum Gasteiger partial charge on any atom is 0.221 e. The molecule has 1 aromatic heterocycles. The highest BCUT2D eigenvalue weighted by molar-refractivity contribution is 7.08. The van der Waals surface area contributed by atoms with Crippen LogP contribution in [-0.2, 0) is 10.4 Å². The van der Waals surface area contributed by atoms with Crippen LogP contribution in [0.15, 0.2) is 21.8 Å². The van der Waals surface area contributed by atoms with Gasteiger partial charge in [0.25, 0.3) is 0 Å². The normalized spacial score (nSPS) is 14.2. The minimum atomic E-state index is -0.999. The number of guanidine groups is 1. The fraction of sp³-hybridized carbons (Fsp3) is 0.625. The molecule has 0 saturated carbocycles. The zero-order valence-corrected chi connectivity index (χ0v) is 15.0. The van der Waals surface area contributed by atoms with Crippen LogP contribution in [-0.4, -0.2) is 43.2 Å². The Hall–Kier alpha value is -1.60. The van der Waals surface area contributed by atoms with Crippen LogP contribution in [0.5, 0.6) is 0 Å². The van der Waals surface area contributed by atoms with Gasteiger partial charge in [0.2, 0.25) is 5.91 Å². The molecule has 0 fully saturated rings. The van der Waals surface area contributed by atoms with E-state index in [1.165, 1.54) is 0 Å². The molecule has 1 unspecified atom stereocenters. The van der Waals surface area contributed by atoms with Gasteiger partial charge in [0.1, 0.15) is 5.60 Å². The van der Waals surface area contributed by atoms with E-state index in [1.807, 2.05) is 30.7 Å². The van der Waals surface area contributed by atoms with Crippen LogP contribution >= 0.6 is 11.3 Å². The van der Waals surface area contributed by atoms with Gasteiger partial charge in [0, 0.05) is 26.1 Å². The Morgan fingerprint density at radius 1 is 1.30 bits per heavy atom. The lowest BCUT2D eigenvalue weighted by Gasteiger charge is -2.21. The average molecular weight is 340 g/mol. The average Bonchev–Trinajstić information content (AvgIpc) is 3.06. The highest BCUT2D eigenvalue weighted by Gasteiger charge is 2.23. The zero-order chi connectivity index (χ0) is 17.1. The number of carbonyl (C=O) groups excluding carboxylic acids is 1. The number of hydrogen-bond donors (Lipinski definition) is 4. The van der Waals surface area contributed by atoms with Crippen LogP contribution < -0.4 is 16.0 Å². The standard InChI is InChI=1S/C16H28N4O2S/c1-4-8-18-14(21)6-9-19-15(17-5-2)20-12-16(3,22)13-7-10-23-11-13/h7,10-11,22H,4-6,8-9,12H2,1-3H3,(H,18,21)(H2,17,19,20). The molecule has 1 rings (SSSR count). The van der Waals surface area contributed by atoms with Crippen LogP contribution in [0.25, 0.3) is 0 Å². The summed E-state index contributed by atoms with van der Waals surface area (Å²) in [6, 6.07) is 1.90. The van der Waals surface area contributed by atoms with Crippen molar-refractivity contribution in [3.05, 3.63) is 22.4 Å². The monoisotopic (exact) mass is 340 g/mol. The largest absolute Gasteiger partial charge is 0.383 e. The van der Waals surface area contributed by atoms with E-state index in [9.17, 15) is 9.90 Å². The highest BCUT2D eigenvalue weighted by atomic mass is 32.1. The molecular formula is C16H28N4O2S. The van der Waals surface area contributed by atoms with Crippen molar-refractivity contribution in [2.24, 2.45) is 4.99 Å². The third-order valence-corrected chi connectivity index (χ3v) is 3.93. The molecule has 1 atom stereocenters. The lowest BCUT2D eigenvalue weighted by molar-refractivity contribution is -0.120. The third kappa shape index (κ3) is 7.47. The molecule has 0 aliphatic rings. The topological polar surface area (TPSA) is 85.8 Å². The summed E-state index contributed by atoms with van der Waals surface area (Å²) in [6.45, 7) is 7.92. The van der Waals surface area contributed by atoms with Gasteiger partial charge < -0.3 is 21.1 Å². The molecule has 0 aromatic carbocycles. The molecular weight excluding hydrogens is 312 g/mol. The lowest BCUT2D eigenvalue weighted by atomic mass is 10.00. The van der Waals surface area contributed by atoms with Crippen LogP contribution in [0, 0.1) is 0 Å². The fourth-order valence-corrected chi connectivity index (χ4v) is 2.67. The lowest BCUT2D eigenvalue weighted by Crippen LogP contribution is -2.40. The molecule has 6 nitrogen and oxygen atoms in total. The molecule has 23 heavy (non-hydrogen) atoms. The summed E-state index contributed by atoms with van der Waals surface area (Å²) in [7, 11) is 0. The van der Waals surface area contributed by atoms with Gasteiger partial charge in [-0.2, -0.15) is 11.3 Å². The number of rotatable bonds is 9. The first-order valence-corrected chi connectivity index (χ1v) is 8.97. The number of hydrogen-bond acceptors (Lipinski definition) is 4. The SMILES string of the molecule is CCCNC(=O)CCNC(=NCC(C)(O)c1ccsc1)NCC. The van der Waals surface area contributed by atoms with E-state index in [4.69, 9.17) is 0 Å². The van der Waals surface area contributed by atoms with Crippen LogP contribution in [0.1, 0.15) is 39.2 Å². The van der Waals surface area contributed by atoms with Gasteiger partial charge >= 0.3 is 0 Å². The molecule has 1 amide bonds. The first-order valence-electron chi connectivity index (χ1n) is 8.03. The molecule has 0 saturated heterocycles. The van der Waals surface area contributed by atoms with E-state index in [1.54, 1.807) is 18.3 Å². The molecule has 130 valence electrons. The van der Waals surface area contributed by atoms with Gasteiger partial charge in [0.15, 0.2) is 5.96 Å². The summed E-state index contributed by atoms with van der Waals surface area (Å²) in [6.07, 6.45) is 1.33. The van der Waals surface area contributed by atoms with Gasteiger partial charge in [-0.3, -0.25) is 4.79 Å². The quantitative estimate of drug-likeness (QED) is 0.405. The molecule has 1 heterocycles. The van der Waals surface area contributed by atoms with Gasteiger partial charge in [-0.25, -0.2) is 4.99 Å². The Morgan fingerprint density at radius 3 is 2.70 bits per heavy atom. The van der Waals surface area contributed by atoms with Crippen molar-refractivity contribution in [3.63, 3.8) is 0 Å². The first kappa shape index (κ1) is 19.4. The first-order chi connectivity index (χ1) is 11.0. The maximum absolute atomic E-state index is 11.6. The van der Waals surface area contributed by atoms with Crippen LogP contribution in [0.3, 0.4) is 0 Å². The predicted octanol–water partition coefficient (Wildman–Crippen LogP) is 1.43. The fourth-order valence-electron chi connectivity index (χ4n) is 1.88. The van der Waals surface area contributed by atoms with E-state index in [0.29, 0.717) is 32.0 Å². The van der Waals surface area contributed by atoms with Crippen molar-refractivity contribution in [3.8, 4) is 0 Å². The number of nitrogens with one attached hydrogen (secondary N) is 3. The molecule has 0 radical (unpaired) electrons. The van der Waals surface area contributed by atoms with Crippen molar-refractivity contribution in [2.45, 2.75) is 39.2 Å². The number of amides is 1. The van der Waals surface area contributed by atoms with E-state index >= 15 is 0 Å². The number of aliphatic hydroxyl groups is 1. The molecule has 7 heteroatoms. The van der Waals surface area contributed by atoms with Crippen LogP contribution in [0.4, 0.5) is 0 Å². The van der Waals surface area contributed by atoms with Gasteiger partial charge in [-0.1, -0.05) is 6.92 Å². The molecule has 0 aliphatic heterocycles. The minimum absolute atomic E-state index is 0.0282. The second-order valence-electron chi connectivity index (χ2n) is 5.51. The van der Waals surface area contributed by atoms with Crippen molar-refractivity contribution in [1.29, 1.82) is 0 Å². The second-order valence-corrected chi connectivity index (χ2v) is 6.29. The molecule has 0 spiro atoms. The Bertz CT molecular complexity index is 486. The molecule has 0 aliphatic carbocycles. The Labute approximate surface area is 142 Å². The minimum Gasteiger partial charge on any atom is -0.383 e. The van der Waals surface area contributed by atoms with E-state index in [-0.39, 0.29) is 12.5 Å². The van der Waals surface area contributed by atoms with E-state index in [2.05, 4.69) is 20.9 Å². The van der Waals surface area contributed by atoms with Gasteiger partial charge in [-0.05, 0) is 42.7 Å². The second kappa shape index (κ2) is 10.2. The van der Waals surface area contributed by atoms with Crippen molar-refractivity contribution < 1.29 is 9.90 Å². The summed E-state index contributed by atoms with van der Waals surface area (Å²) in [5.41, 5.74) is -0.137. The number of nitrogens with zero attached hydrogens (tertiary/aromatic N) is 1. The molecule has 0 bridgehead atoms. The molecule has 4 N–H and O–H groups in total. The van der Waals surface area contributed by atoms with Gasteiger partial charge in [0.05, 0.1) is 6.54 Å². The van der Waals surface area contributed by atoms with Crippen molar-refractivity contribution in [1.82, 2.24) is 16.0 Å². The number of thiophene rings is 1. The summed E-state index contributed by atoms with van der Waals surface area (Å²) in [5, 5.41) is 23.4. The zero-order valence-electron chi connectivity index (χ0n) is 14.2. The smallest absolute Gasteiger partial charge is 0.221 e. The van der Waals surface area contributed by atoms with Crippen molar-refractivity contribution in [2.75, 3.05) is 26.2 Å².